The lowest BCUT2D eigenvalue weighted by molar-refractivity contribution is -0.121. The van der Waals surface area contributed by atoms with Crippen LogP contribution >= 0.6 is 23.4 Å². The lowest BCUT2D eigenvalue weighted by Gasteiger charge is -2.11. The van der Waals surface area contributed by atoms with Crippen LogP contribution in [-0.4, -0.2) is 27.2 Å². The van der Waals surface area contributed by atoms with Gasteiger partial charge in [-0.2, -0.15) is 5.26 Å². The van der Waals surface area contributed by atoms with Gasteiger partial charge in [0.25, 0.3) is 0 Å². The molecule has 6 nitrogen and oxygen atoms in total. The minimum Gasteiger partial charge on any atom is -0.356 e. The molecule has 0 aliphatic heterocycles. The van der Waals surface area contributed by atoms with Crippen molar-refractivity contribution in [3.63, 3.8) is 0 Å². The standard InChI is InChI=1S/C27H24ClN5OS/c28-23-10-5-11-24(17-23)33-25(12-13-26(34)30-15-14-20-6-2-1-3-7-20)31-32-27(33)35-19-22-9-4-8-21(16-22)18-29/h1-11,16-17H,12-15,19H2,(H,30,34). The molecular formula is C27H24ClN5OS. The summed E-state index contributed by atoms with van der Waals surface area (Å²) in [5, 5.41) is 22.2. The monoisotopic (exact) mass is 501 g/mol. The maximum absolute atomic E-state index is 12.5. The molecule has 0 fully saturated rings. The summed E-state index contributed by atoms with van der Waals surface area (Å²) in [5.41, 5.74) is 3.68. The van der Waals surface area contributed by atoms with Gasteiger partial charge in [0.15, 0.2) is 5.16 Å². The summed E-state index contributed by atoms with van der Waals surface area (Å²) >= 11 is 7.78. The summed E-state index contributed by atoms with van der Waals surface area (Å²) in [6.45, 7) is 0.590. The number of amides is 1. The molecule has 35 heavy (non-hydrogen) atoms. The fraction of sp³-hybridized carbons (Fsp3) is 0.185. The van der Waals surface area contributed by atoms with Crippen LogP contribution in [0, 0.1) is 11.3 Å². The average Bonchev–Trinajstić information content (AvgIpc) is 3.30. The molecule has 0 saturated carbocycles. The third kappa shape index (κ3) is 6.95. The predicted molar refractivity (Wildman–Crippen MR) is 139 cm³/mol. The number of nitriles is 1. The van der Waals surface area contributed by atoms with Crippen molar-refractivity contribution < 1.29 is 4.79 Å². The molecule has 1 heterocycles. The minimum absolute atomic E-state index is 0.0240. The van der Waals surface area contributed by atoms with Crippen molar-refractivity contribution in [1.29, 1.82) is 5.26 Å². The van der Waals surface area contributed by atoms with Gasteiger partial charge < -0.3 is 5.32 Å². The topological polar surface area (TPSA) is 83.6 Å². The SMILES string of the molecule is N#Cc1cccc(CSc2nnc(CCC(=O)NCCc3ccccc3)n2-c2cccc(Cl)c2)c1. The largest absolute Gasteiger partial charge is 0.356 e. The lowest BCUT2D eigenvalue weighted by Crippen LogP contribution is -2.26. The van der Waals surface area contributed by atoms with Gasteiger partial charge in [0.05, 0.1) is 17.3 Å². The molecule has 0 atom stereocenters. The van der Waals surface area contributed by atoms with Crippen molar-refractivity contribution in [2.45, 2.75) is 30.2 Å². The number of benzene rings is 3. The van der Waals surface area contributed by atoms with Gasteiger partial charge in [-0.25, -0.2) is 0 Å². The Morgan fingerprint density at radius 1 is 0.971 bits per heavy atom. The number of aromatic nitrogens is 3. The molecule has 0 aliphatic carbocycles. The number of hydrogen-bond acceptors (Lipinski definition) is 5. The number of rotatable bonds is 10. The number of nitrogens with one attached hydrogen (secondary N) is 1. The van der Waals surface area contributed by atoms with E-state index in [9.17, 15) is 4.79 Å². The van der Waals surface area contributed by atoms with E-state index in [2.05, 4.69) is 33.7 Å². The molecule has 4 aromatic rings. The normalized spacial score (nSPS) is 10.6. The highest BCUT2D eigenvalue weighted by molar-refractivity contribution is 7.98. The van der Waals surface area contributed by atoms with Gasteiger partial charge in [0.2, 0.25) is 5.91 Å². The summed E-state index contributed by atoms with van der Waals surface area (Å²) in [4.78, 5) is 12.5. The van der Waals surface area contributed by atoms with Crippen LogP contribution in [0.2, 0.25) is 5.02 Å². The highest BCUT2D eigenvalue weighted by Gasteiger charge is 2.16. The summed E-state index contributed by atoms with van der Waals surface area (Å²) < 4.78 is 1.95. The van der Waals surface area contributed by atoms with E-state index in [0.29, 0.717) is 46.7 Å². The third-order valence-corrected chi connectivity index (χ3v) is 6.58. The number of carbonyl (C=O) groups excluding carboxylic acids is 1. The smallest absolute Gasteiger partial charge is 0.220 e. The molecule has 8 heteroatoms. The van der Waals surface area contributed by atoms with Gasteiger partial charge in [-0.15, -0.1) is 10.2 Å². The maximum Gasteiger partial charge on any atom is 0.220 e. The second-order valence-electron chi connectivity index (χ2n) is 7.90. The van der Waals surface area contributed by atoms with Crippen LogP contribution in [0.4, 0.5) is 0 Å². The number of aryl methyl sites for hydroxylation is 1. The summed E-state index contributed by atoms with van der Waals surface area (Å²) in [7, 11) is 0. The molecular weight excluding hydrogens is 478 g/mol. The fourth-order valence-corrected chi connectivity index (χ4v) is 4.71. The van der Waals surface area contributed by atoms with Gasteiger partial charge in [0.1, 0.15) is 5.82 Å². The lowest BCUT2D eigenvalue weighted by atomic mass is 10.1. The van der Waals surface area contributed by atoms with Crippen molar-refractivity contribution in [3.05, 3.63) is 106 Å². The number of thioether (sulfide) groups is 1. The Balaban J connectivity index is 1.44. The molecule has 0 aliphatic rings. The van der Waals surface area contributed by atoms with Gasteiger partial charge in [-0.05, 0) is 47.9 Å². The fourth-order valence-electron chi connectivity index (χ4n) is 3.61. The summed E-state index contributed by atoms with van der Waals surface area (Å²) in [6.07, 6.45) is 1.54. The molecule has 0 radical (unpaired) electrons. The second-order valence-corrected chi connectivity index (χ2v) is 9.28. The second kappa shape index (κ2) is 12.2. The van der Waals surface area contributed by atoms with Crippen LogP contribution in [0.25, 0.3) is 5.69 Å². The summed E-state index contributed by atoms with van der Waals surface area (Å²) in [5.74, 6) is 1.30. The molecule has 0 spiro atoms. The zero-order chi connectivity index (χ0) is 24.5. The Morgan fingerprint density at radius 3 is 2.57 bits per heavy atom. The molecule has 0 unspecified atom stereocenters. The quantitative estimate of drug-likeness (QED) is 0.295. The van der Waals surface area contributed by atoms with Crippen molar-refractivity contribution >= 4 is 29.3 Å². The average molecular weight is 502 g/mol. The van der Waals surface area contributed by atoms with E-state index >= 15 is 0 Å². The molecule has 4 rings (SSSR count). The number of nitrogens with zero attached hydrogens (tertiary/aromatic N) is 4. The van der Waals surface area contributed by atoms with Crippen LogP contribution in [0.15, 0.2) is 84.0 Å². The molecule has 0 bridgehead atoms. The van der Waals surface area contributed by atoms with E-state index in [1.165, 1.54) is 17.3 Å². The Labute approximate surface area is 214 Å². The van der Waals surface area contributed by atoms with Crippen molar-refractivity contribution in [2.24, 2.45) is 0 Å². The van der Waals surface area contributed by atoms with Crippen LogP contribution in [-0.2, 0) is 23.4 Å². The zero-order valence-electron chi connectivity index (χ0n) is 19.0. The predicted octanol–water partition coefficient (Wildman–Crippen LogP) is 5.38. The Kier molecular flexibility index (Phi) is 8.55. The van der Waals surface area contributed by atoms with Crippen molar-refractivity contribution in [1.82, 2.24) is 20.1 Å². The minimum atomic E-state index is -0.0240. The first-order valence-corrected chi connectivity index (χ1v) is 12.6. The first-order chi connectivity index (χ1) is 17.1. The van der Waals surface area contributed by atoms with Gasteiger partial charge in [0, 0.05) is 30.2 Å². The first-order valence-electron chi connectivity index (χ1n) is 11.2. The highest BCUT2D eigenvalue weighted by atomic mass is 35.5. The van der Waals surface area contributed by atoms with E-state index < -0.39 is 0 Å². The first kappa shape index (κ1) is 24.5. The van der Waals surface area contributed by atoms with E-state index in [0.717, 1.165) is 17.7 Å². The van der Waals surface area contributed by atoms with Gasteiger partial charge in [-0.3, -0.25) is 9.36 Å². The highest BCUT2D eigenvalue weighted by Crippen LogP contribution is 2.27. The van der Waals surface area contributed by atoms with Crippen molar-refractivity contribution in [3.8, 4) is 11.8 Å². The van der Waals surface area contributed by atoms with E-state index in [1.807, 2.05) is 65.2 Å². The van der Waals surface area contributed by atoms with Crippen LogP contribution in [0.3, 0.4) is 0 Å². The van der Waals surface area contributed by atoms with Crippen LogP contribution in [0.1, 0.15) is 28.9 Å². The Hall–Kier alpha value is -3.60. The van der Waals surface area contributed by atoms with Gasteiger partial charge >= 0.3 is 0 Å². The molecule has 1 aromatic heterocycles. The number of halogens is 1. The van der Waals surface area contributed by atoms with Gasteiger partial charge in [-0.1, -0.05) is 71.9 Å². The zero-order valence-corrected chi connectivity index (χ0v) is 20.6. The summed E-state index contributed by atoms with van der Waals surface area (Å²) in [6, 6.07) is 27.2. The van der Waals surface area contributed by atoms with Crippen LogP contribution < -0.4 is 5.32 Å². The molecule has 1 N–H and O–H groups in total. The van der Waals surface area contributed by atoms with Crippen molar-refractivity contribution in [2.75, 3.05) is 6.54 Å². The number of carbonyl (C=O) groups is 1. The number of hydrogen-bond donors (Lipinski definition) is 1. The van der Waals surface area contributed by atoms with E-state index in [1.54, 1.807) is 6.07 Å². The maximum atomic E-state index is 12.5. The van der Waals surface area contributed by atoms with E-state index in [-0.39, 0.29) is 5.91 Å². The molecule has 3 aromatic carbocycles. The molecule has 1 amide bonds. The molecule has 0 saturated heterocycles. The Bertz CT molecular complexity index is 1330. The third-order valence-electron chi connectivity index (χ3n) is 5.35. The molecule has 176 valence electrons. The van der Waals surface area contributed by atoms with E-state index in [4.69, 9.17) is 16.9 Å². The van der Waals surface area contributed by atoms with Crippen LogP contribution in [0.5, 0.6) is 0 Å². The Morgan fingerprint density at radius 2 is 1.77 bits per heavy atom.